The van der Waals surface area contributed by atoms with Crippen LogP contribution in [0.5, 0.6) is 17.2 Å². The van der Waals surface area contributed by atoms with Gasteiger partial charge in [-0.2, -0.15) is 9.78 Å². The Morgan fingerprint density at radius 1 is 1.00 bits per heavy atom. The number of nitrogens with one attached hydrogen (secondary N) is 1. The topological polar surface area (TPSA) is 114 Å². The van der Waals surface area contributed by atoms with Crippen molar-refractivity contribution in [1.82, 2.24) is 14.8 Å². The van der Waals surface area contributed by atoms with E-state index in [1.165, 1.54) is 18.0 Å². The van der Waals surface area contributed by atoms with Gasteiger partial charge in [-0.25, -0.2) is 9.78 Å². The maximum Gasteiger partial charge on any atom is 0.343 e. The lowest BCUT2D eigenvalue weighted by Gasteiger charge is -2.14. The van der Waals surface area contributed by atoms with Gasteiger partial charge in [0.2, 0.25) is 0 Å². The molecule has 1 N–H and O–H groups in total. The Balaban J connectivity index is 1.70. The van der Waals surface area contributed by atoms with Gasteiger partial charge in [0.25, 0.3) is 5.91 Å². The molecular weight excluding hydrogens is 464 g/mol. The fourth-order valence-electron chi connectivity index (χ4n) is 3.70. The molecule has 1 amide bonds. The Hall–Kier alpha value is -4.60. The molecule has 0 saturated heterocycles. The largest absolute Gasteiger partial charge is 0.494 e. The quantitative estimate of drug-likeness (QED) is 0.351. The lowest BCUT2D eigenvalue weighted by molar-refractivity contribution is -0.118. The second-order valence-corrected chi connectivity index (χ2v) is 7.68. The number of aromatic nitrogens is 3. The minimum Gasteiger partial charge on any atom is -0.494 e. The van der Waals surface area contributed by atoms with Crippen LogP contribution in [0.25, 0.3) is 16.7 Å². The number of fused-ring (bicyclic) bond motifs is 1. The molecule has 4 aromatic rings. The molecule has 0 aliphatic heterocycles. The van der Waals surface area contributed by atoms with Gasteiger partial charge in [0.1, 0.15) is 16.8 Å². The molecule has 2 heterocycles. The van der Waals surface area contributed by atoms with Gasteiger partial charge in [-0.05, 0) is 43.7 Å². The maximum atomic E-state index is 12.9. The molecular formula is C26H26N4O6. The number of rotatable bonds is 9. The molecule has 0 radical (unpaired) electrons. The number of carbonyl (C=O) groups is 2. The van der Waals surface area contributed by atoms with Crippen LogP contribution in [0.4, 0.5) is 5.82 Å². The molecule has 0 spiro atoms. The second-order valence-electron chi connectivity index (χ2n) is 7.68. The zero-order valence-electron chi connectivity index (χ0n) is 20.4. The van der Waals surface area contributed by atoms with Crippen molar-refractivity contribution >= 4 is 28.6 Å². The highest BCUT2D eigenvalue weighted by Gasteiger charge is 2.23. The molecule has 0 aliphatic rings. The van der Waals surface area contributed by atoms with Crippen molar-refractivity contribution in [3.8, 4) is 23.1 Å². The molecule has 0 bridgehead atoms. The van der Waals surface area contributed by atoms with Crippen LogP contribution < -0.4 is 19.5 Å². The number of hydrogen-bond acceptors (Lipinski definition) is 8. The van der Waals surface area contributed by atoms with Crippen LogP contribution in [0.3, 0.4) is 0 Å². The number of hydrogen-bond donors (Lipinski definition) is 1. The summed E-state index contributed by atoms with van der Waals surface area (Å²) in [7, 11) is 3.08. The van der Waals surface area contributed by atoms with Gasteiger partial charge in [0, 0.05) is 5.39 Å². The van der Waals surface area contributed by atoms with Crippen molar-refractivity contribution in [3.63, 3.8) is 0 Å². The van der Waals surface area contributed by atoms with Gasteiger partial charge >= 0.3 is 5.97 Å². The number of ether oxygens (including phenoxy) is 4. The molecule has 2 aromatic carbocycles. The fraction of sp³-hybridized carbons (Fsp3) is 0.231. The summed E-state index contributed by atoms with van der Waals surface area (Å²) in [5.41, 5.74) is 1.63. The SMILES string of the molecule is CCOC(=O)c1cnn(-c2cc(C)c3cccc(OC)c3n2)c1NC(=O)COc1ccccc1OC. The smallest absolute Gasteiger partial charge is 0.343 e. The zero-order chi connectivity index (χ0) is 25.7. The van der Waals surface area contributed by atoms with E-state index in [-0.39, 0.29) is 24.6 Å². The Bertz CT molecular complexity index is 1420. The third-order valence-corrected chi connectivity index (χ3v) is 5.38. The van der Waals surface area contributed by atoms with Crippen LogP contribution >= 0.6 is 0 Å². The molecule has 2 aromatic heterocycles. The maximum absolute atomic E-state index is 12.9. The summed E-state index contributed by atoms with van der Waals surface area (Å²) >= 11 is 0. The predicted molar refractivity (Wildman–Crippen MR) is 133 cm³/mol. The highest BCUT2D eigenvalue weighted by molar-refractivity contribution is 6.01. The van der Waals surface area contributed by atoms with Gasteiger partial charge in [-0.3, -0.25) is 4.79 Å². The molecule has 0 aliphatic carbocycles. The first kappa shape index (κ1) is 24.5. The number of benzene rings is 2. The van der Waals surface area contributed by atoms with Crippen molar-refractivity contribution in [2.45, 2.75) is 13.8 Å². The third-order valence-electron chi connectivity index (χ3n) is 5.38. The molecule has 0 saturated carbocycles. The molecule has 186 valence electrons. The first-order chi connectivity index (χ1) is 17.5. The summed E-state index contributed by atoms with van der Waals surface area (Å²) in [6.07, 6.45) is 1.33. The number of aryl methyl sites for hydroxylation is 1. The average molecular weight is 491 g/mol. The van der Waals surface area contributed by atoms with Crippen molar-refractivity contribution < 1.29 is 28.5 Å². The third kappa shape index (κ3) is 4.92. The summed E-state index contributed by atoms with van der Waals surface area (Å²) in [6, 6.07) is 14.4. The van der Waals surface area contributed by atoms with E-state index >= 15 is 0 Å². The number of nitrogens with zero attached hydrogens (tertiary/aromatic N) is 3. The Morgan fingerprint density at radius 3 is 2.44 bits per heavy atom. The second kappa shape index (κ2) is 10.8. The van der Waals surface area contributed by atoms with Crippen LogP contribution in [0.15, 0.2) is 54.7 Å². The van der Waals surface area contributed by atoms with Gasteiger partial charge in [0.05, 0.1) is 27.0 Å². The van der Waals surface area contributed by atoms with Crippen LogP contribution in [0, 0.1) is 6.92 Å². The molecule has 0 unspecified atom stereocenters. The number of methoxy groups -OCH3 is 2. The van der Waals surface area contributed by atoms with E-state index in [9.17, 15) is 9.59 Å². The van der Waals surface area contributed by atoms with Crippen molar-refractivity contribution in [2.24, 2.45) is 0 Å². The summed E-state index contributed by atoms with van der Waals surface area (Å²) in [5.74, 6) is 0.860. The Kier molecular flexibility index (Phi) is 7.33. The summed E-state index contributed by atoms with van der Waals surface area (Å²) in [5, 5.41) is 7.96. The number of anilines is 1. The monoisotopic (exact) mass is 490 g/mol. The highest BCUT2D eigenvalue weighted by Crippen LogP contribution is 2.30. The van der Waals surface area contributed by atoms with Crippen LogP contribution in [0.2, 0.25) is 0 Å². The van der Waals surface area contributed by atoms with E-state index in [1.807, 2.05) is 31.2 Å². The van der Waals surface area contributed by atoms with Crippen molar-refractivity contribution in [2.75, 3.05) is 32.8 Å². The number of pyridine rings is 1. The zero-order valence-corrected chi connectivity index (χ0v) is 20.4. The molecule has 0 atom stereocenters. The molecule has 10 nitrogen and oxygen atoms in total. The molecule has 0 fully saturated rings. The van der Waals surface area contributed by atoms with Gasteiger partial charge < -0.3 is 24.3 Å². The molecule has 36 heavy (non-hydrogen) atoms. The lowest BCUT2D eigenvalue weighted by Crippen LogP contribution is -2.23. The summed E-state index contributed by atoms with van der Waals surface area (Å²) in [6.45, 7) is 3.47. The van der Waals surface area contributed by atoms with E-state index in [0.29, 0.717) is 28.6 Å². The number of para-hydroxylation sites is 3. The standard InChI is InChI=1S/C26H26N4O6/c1-5-35-26(32)18-14-27-30(22-13-16(2)17-9-8-12-21(34-4)24(17)28-22)25(18)29-23(31)15-36-20-11-7-6-10-19(20)33-3/h6-14H,5,15H2,1-4H3,(H,29,31). The van der Waals surface area contributed by atoms with E-state index in [0.717, 1.165) is 10.9 Å². The van der Waals surface area contributed by atoms with Crippen LogP contribution in [-0.2, 0) is 9.53 Å². The molecule has 4 rings (SSSR count). The van der Waals surface area contributed by atoms with Crippen molar-refractivity contribution in [1.29, 1.82) is 0 Å². The number of carbonyl (C=O) groups excluding carboxylic acids is 2. The summed E-state index contributed by atoms with van der Waals surface area (Å²) < 4.78 is 22.9. The van der Waals surface area contributed by atoms with E-state index in [2.05, 4.69) is 10.4 Å². The Labute approximate surface area is 207 Å². The average Bonchev–Trinajstić information content (AvgIpc) is 3.30. The number of esters is 1. The first-order valence-corrected chi connectivity index (χ1v) is 11.2. The lowest BCUT2D eigenvalue weighted by atomic mass is 10.1. The molecule has 10 heteroatoms. The first-order valence-electron chi connectivity index (χ1n) is 11.2. The van der Waals surface area contributed by atoms with Gasteiger partial charge in [-0.1, -0.05) is 24.3 Å². The predicted octanol–water partition coefficient (Wildman–Crippen LogP) is 3.94. The minimum atomic E-state index is -0.625. The minimum absolute atomic E-state index is 0.0852. The van der Waals surface area contributed by atoms with E-state index in [1.54, 1.807) is 38.3 Å². The summed E-state index contributed by atoms with van der Waals surface area (Å²) in [4.78, 5) is 30.2. The fourth-order valence-corrected chi connectivity index (χ4v) is 3.70. The van der Waals surface area contributed by atoms with Crippen LogP contribution in [-0.4, -0.2) is 54.1 Å². The van der Waals surface area contributed by atoms with Gasteiger partial charge in [0.15, 0.2) is 29.7 Å². The van der Waals surface area contributed by atoms with Crippen molar-refractivity contribution in [3.05, 3.63) is 65.9 Å². The van der Waals surface area contributed by atoms with E-state index < -0.39 is 11.9 Å². The van der Waals surface area contributed by atoms with Crippen LogP contribution in [0.1, 0.15) is 22.8 Å². The highest BCUT2D eigenvalue weighted by atomic mass is 16.5. The normalized spacial score (nSPS) is 10.7. The Morgan fingerprint density at radius 2 is 1.72 bits per heavy atom. The van der Waals surface area contributed by atoms with E-state index in [4.69, 9.17) is 23.9 Å². The number of amides is 1. The van der Waals surface area contributed by atoms with Gasteiger partial charge in [-0.15, -0.1) is 0 Å².